The molecule has 0 N–H and O–H groups in total. The molecule has 0 saturated heterocycles. The van der Waals surface area contributed by atoms with E-state index in [0.717, 1.165) is 44.6 Å². The molecule has 8 rings (SSSR count). The number of hydrogen-bond donors (Lipinski definition) is 0. The number of nitrogens with zero attached hydrogens (tertiary/aromatic N) is 4. The first-order valence-corrected chi connectivity index (χ1v) is 23.7. The Hall–Kier alpha value is -5.12. The second-order valence-electron chi connectivity index (χ2n) is 24.2. The van der Waals surface area contributed by atoms with E-state index in [1.165, 1.54) is 33.5 Å². The predicted octanol–water partition coefficient (Wildman–Crippen LogP) is 16.4. The van der Waals surface area contributed by atoms with Crippen molar-refractivity contribution in [3.63, 3.8) is 0 Å². The van der Waals surface area contributed by atoms with Crippen molar-refractivity contribution >= 4 is 33.2 Å². The largest absolute Gasteiger partial charge is 0.509 e. The quantitative estimate of drug-likeness (QED) is 0.149. The van der Waals surface area contributed by atoms with Crippen LogP contribution in [-0.2, 0) is 48.1 Å². The summed E-state index contributed by atoms with van der Waals surface area (Å²) in [6, 6.07) is 45.2. The van der Waals surface area contributed by atoms with Crippen molar-refractivity contribution in [2.75, 3.05) is 9.80 Å². The molecule has 1 aliphatic rings. The van der Waals surface area contributed by atoms with E-state index in [9.17, 15) is 0 Å². The zero-order valence-electron chi connectivity index (χ0n) is 43.1. The molecule has 1 aliphatic heterocycles. The van der Waals surface area contributed by atoms with Gasteiger partial charge in [-0.2, -0.15) is 6.07 Å². The van der Waals surface area contributed by atoms with E-state index in [1.54, 1.807) is 0 Å². The van der Waals surface area contributed by atoms with Crippen LogP contribution in [-0.4, -0.2) is 9.55 Å². The number of fused-ring (bicyclic) bond motifs is 3. The fourth-order valence-corrected chi connectivity index (χ4v) is 8.84. The minimum absolute atomic E-state index is 0. The molecule has 67 heavy (non-hydrogen) atoms. The summed E-state index contributed by atoms with van der Waals surface area (Å²) in [5, 5.41) is 2.25. The second-order valence-corrected chi connectivity index (χ2v) is 24.2. The molecule has 2 aromatic heterocycles. The van der Waals surface area contributed by atoms with Crippen LogP contribution in [0.25, 0.3) is 27.6 Å². The van der Waals surface area contributed by atoms with Gasteiger partial charge < -0.3 is 19.1 Å². The number of allylic oxidation sites excluding steroid dienone is 1. The average molecular weight is 1070 g/mol. The molecule has 6 heteroatoms. The number of anilines is 2. The molecule has 354 valence electrons. The van der Waals surface area contributed by atoms with E-state index in [-0.39, 0.29) is 53.6 Å². The summed E-state index contributed by atoms with van der Waals surface area (Å²) in [5.74, 6) is 2.11. The van der Waals surface area contributed by atoms with Crippen molar-refractivity contribution in [2.45, 2.75) is 145 Å². The van der Waals surface area contributed by atoms with Crippen LogP contribution in [0.15, 0.2) is 121 Å². The van der Waals surface area contributed by atoms with Crippen LogP contribution in [0, 0.1) is 24.2 Å². The minimum atomic E-state index is -0.203. The third-order valence-corrected chi connectivity index (χ3v) is 13.4. The topological polar surface area (TPSA) is 33.5 Å². The average Bonchev–Trinajstić information content (AvgIpc) is 3.83. The van der Waals surface area contributed by atoms with Crippen molar-refractivity contribution in [3.05, 3.63) is 173 Å². The first kappa shape index (κ1) is 49.8. The standard InChI is InChI=1S/C61H71N4O.Pt/c1-56(2,3)41-27-28-62-55(35-41)65-52-26-23-42(61(16,17)40-21-19-18-20-22-40)34-51(52)50-25-24-48(37-53(50)65)66-49-33-45(59(10,11)12)30-46(36-49)63-38-54(60(13,14)15)64(39-63)47-31-43(57(4,5)6)29-44(32-47)58(7,8)9;/h18-35,38-39H,1-17H3;/q-3;. The summed E-state index contributed by atoms with van der Waals surface area (Å²) in [7, 11) is 0. The Balaban J connectivity index is 0.00000666. The summed E-state index contributed by atoms with van der Waals surface area (Å²) in [5.41, 5.74) is 12.2. The van der Waals surface area contributed by atoms with Crippen LogP contribution in [0.3, 0.4) is 0 Å². The van der Waals surface area contributed by atoms with Gasteiger partial charge in [0.15, 0.2) is 0 Å². The maximum absolute atomic E-state index is 6.92. The smallest absolute Gasteiger partial charge is 0.135 e. The Morgan fingerprint density at radius 1 is 0.507 bits per heavy atom. The van der Waals surface area contributed by atoms with Crippen molar-refractivity contribution in [1.29, 1.82) is 0 Å². The molecule has 0 radical (unpaired) electrons. The van der Waals surface area contributed by atoms with Gasteiger partial charge in [-0.1, -0.05) is 172 Å². The van der Waals surface area contributed by atoms with Crippen LogP contribution in [0.2, 0.25) is 0 Å². The van der Waals surface area contributed by atoms with E-state index in [0.29, 0.717) is 11.5 Å². The van der Waals surface area contributed by atoms with Gasteiger partial charge in [0.2, 0.25) is 0 Å². The fraction of sp³-hybridized carbons (Fsp3) is 0.377. The summed E-state index contributed by atoms with van der Waals surface area (Å²) in [6.07, 6.45) is 4.20. The first-order valence-electron chi connectivity index (χ1n) is 23.7. The summed E-state index contributed by atoms with van der Waals surface area (Å²) in [4.78, 5) is 9.58. The van der Waals surface area contributed by atoms with Crippen molar-refractivity contribution in [3.8, 4) is 17.3 Å². The maximum atomic E-state index is 6.92. The molecule has 0 bridgehead atoms. The third-order valence-electron chi connectivity index (χ3n) is 13.4. The van der Waals surface area contributed by atoms with Crippen molar-refractivity contribution in [1.82, 2.24) is 9.55 Å². The number of hydrogen-bond acceptors (Lipinski definition) is 4. The number of pyridine rings is 1. The van der Waals surface area contributed by atoms with Gasteiger partial charge in [-0.05, 0) is 91.4 Å². The van der Waals surface area contributed by atoms with E-state index in [2.05, 4.69) is 254 Å². The molecule has 0 aliphatic carbocycles. The van der Waals surface area contributed by atoms with Crippen molar-refractivity contribution in [2.24, 2.45) is 5.41 Å². The van der Waals surface area contributed by atoms with Crippen LogP contribution in [0.5, 0.6) is 11.5 Å². The third kappa shape index (κ3) is 10.1. The Morgan fingerprint density at radius 2 is 1.12 bits per heavy atom. The Labute approximate surface area is 416 Å². The summed E-state index contributed by atoms with van der Waals surface area (Å²) < 4.78 is 9.16. The number of rotatable bonds is 7. The molecule has 7 aromatic rings. The number of benzene rings is 5. The van der Waals surface area contributed by atoms with Crippen LogP contribution >= 0.6 is 0 Å². The molecule has 5 aromatic carbocycles. The zero-order valence-corrected chi connectivity index (χ0v) is 45.3. The normalized spacial score (nSPS) is 14.2. The molecular weight excluding hydrogens is 1000 g/mol. The zero-order chi connectivity index (χ0) is 47.9. The monoisotopic (exact) mass is 1070 g/mol. The molecule has 3 heterocycles. The fourth-order valence-electron chi connectivity index (χ4n) is 8.84. The first-order chi connectivity index (χ1) is 30.6. The van der Waals surface area contributed by atoms with E-state index in [4.69, 9.17) is 9.72 Å². The van der Waals surface area contributed by atoms with Crippen molar-refractivity contribution < 1.29 is 25.8 Å². The van der Waals surface area contributed by atoms with Gasteiger partial charge in [-0.15, -0.1) is 53.6 Å². The SMILES string of the molecule is CC(C)(C)C1=CN(c2[c-]c(Oc3[c-]c4c(cc3)c3cc(C(C)(C)c5ccccc5)ccc3n4-c3cc(C(C)(C)C)ccn3)cc(C(C)(C)C)c2)[CH-]N1c1cc(C(C)(C)C)cc(C(C)(C)C)c1.[Pt]. The summed E-state index contributed by atoms with van der Waals surface area (Å²) >= 11 is 0. The number of aromatic nitrogens is 2. The van der Waals surface area contributed by atoms with Gasteiger partial charge in [-0.3, -0.25) is 0 Å². The van der Waals surface area contributed by atoms with Gasteiger partial charge in [0.1, 0.15) is 5.82 Å². The molecule has 5 nitrogen and oxygen atoms in total. The Morgan fingerprint density at radius 3 is 1.72 bits per heavy atom. The Kier molecular flexibility index (Phi) is 13.0. The Bertz CT molecular complexity index is 2940. The molecule has 0 atom stereocenters. The van der Waals surface area contributed by atoms with E-state index in [1.807, 2.05) is 12.3 Å². The molecular formula is C61H71N4OPt-3. The van der Waals surface area contributed by atoms with E-state index < -0.39 is 0 Å². The van der Waals surface area contributed by atoms with Gasteiger partial charge in [-0.25, -0.2) is 4.98 Å². The van der Waals surface area contributed by atoms with Crippen LogP contribution < -0.4 is 14.5 Å². The molecule has 0 amide bonds. The van der Waals surface area contributed by atoms with E-state index >= 15 is 0 Å². The predicted molar refractivity (Wildman–Crippen MR) is 279 cm³/mol. The maximum Gasteiger partial charge on any atom is 0.135 e. The van der Waals surface area contributed by atoms with Gasteiger partial charge >= 0.3 is 0 Å². The van der Waals surface area contributed by atoms with Crippen LogP contribution in [0.4, 0.5) is 11.4 Å². The minimum Gasteiger partial charge on any atom is -0.509 e. The second kappa shape index (κ2) is 17.4. The number of ether oxygens (including phenoxy) is 1. The summed E-state index contributed by atoms with van der Waals surface area (Å²) in [6.45, 7) is 41.0. The van der Waals surface area contributed by atoms with Crippen LogP contribution in [0.1, 0.15) is 151 Å². The molecule has 0 spiro atoms. The van der Waals surface area contributed by atoms with Gasteiger partial charge in [0.25, 0.3) is 0 Å². The molecule has 0 fully saturated rings. The van der Waals surface area contributed by atoms with Gasteiger partial charge in [0, 0.05) is 66.5 Å². The molecule has 0 unspecified atom stereocenters. The molecule has 0 saturated carbocycles. The van der Waals surface area contributed by atoms with Gasteiger partial charge in [0.05, 0.1) is 0 Å².